The number of carbonyl (C=O) groups excluding carboxylic acids is 1. The molecule has 9 heteroatoms. The Morgan fingerprint density at radius 1 is 1.14 bits per heavy atom. The predicted molar refractivity (Wildman–Crippen MR) is 140 cm³/mol. The van der Waals surface area contributed by atoms with Crippen LogP contribution < -0.4 is 10.6 Å². The summed E-state index contributed by atoms with van der Waals surface area (Å²) in [7, 11) is 1.67. The van der Waals surface area contributed by atoms with Crippen LogP contribution in [0.1, 0.15) is 41.5 Å². The minimum Gasteiger partial charge on any atom is -0.393 e. The van der Waals surface area contributed by atoms with Gasteiger partial charge >= 0.3 is 6.03 Å². The van der Waals surface area contributed by atoms with Gasteiger partial charge in [0.05, 0.1) is 30.1 Å². The van der Waals surface area contributed by atoms with E-state index >= 15 is 0 Å². The van der Waals surface area contributed by atoms with Gasteiger partial charge in [-0.15, -0.1) is 0 Å². The lowest BCUT2D eigenvalue weighted by atomic mass is 9.79. The summed E-state index contributed by atoms with van der Waals surface area (Å²) >= 11 is 0. The molecule has 8 nitrogen and oxygen atoms in total. The third-order valence-electron chi connectivity index (χ3n) is 7.51. The lowest BCUT2D eigenvalue weighted by molar-refractivity contribution is 0.0729. The monoisotopic (exact) mass is 507 g/mol. The number of urea groups is 1. The average Bonchev–Trinajstić information content (AvgIpc) is 3.42. The van der Waals surface area contributed by atoms with Crippen molar-refractivity contribution >= 4 is 11.8 Å². The molecule has 37 heavy (non-hydrogen) atoms. The van der Waals surface area contributed by atoms with Crippen molar-refractivity contribution in [3.8, 4) is 5.69 Å². The fraction of sp³-hybridized carbons (Fsp3) is 0.429. The molecule has 0 spiro atoms. The zero-order chi connectivity index (χ0) is 25.9. The van der Waals surface area contributed by atoms with Crippen molar-refractivity contribution in [3.05, 3.63) is 77.2 Å². The Labute approximate surface area is 216 Å². The molecule has 196 valence electrons. The van der Waals surface area contributed by atoms with Crippen LogP contribution in [0.3, 0.4) is 0 Å². The number of nitrogens with one attached hydrogen (secondary N) is 2. The first-order valence-electron chi connectivity index (χ1n) is 12.8. The van der Waals surface area contributed by atoms with E-state index in [1.54, 1.807) is 23.9 Å². The van der Waals surface area contributed by atoms with Crippen LogP contribution in [0.5, 0.6) is 0 Å². The zero-order valence-electron chi connectivity index (χ0n) is 21.2. The first-order chi connectivity index (χ1) is 17.9. The van der Waals surface area contributed by atoms with Gasteiger partial charge in [-0.1, -0.05) is 30.3 Å². The number of benzene rings is 2. The predicted octanol–water partition coefficient (Wildman–Crippen LogP) is 3.79. The maximum Gasteiger partial charge on any atom is 0.320 e. The molecule has 2 fully saturated rings. The smallest absolute Gasteiger partial charge is 0.320 e. The molecule has 3 N–H and O–H groups in total. The third-order valence-corrected chi connectivity index (χ3v) is 7.51. The van der Waals surface area contributed by atoms with Crippen molar-refractivity contribution in [1.82, 2.24) is 20.0 Å². The molecule has 2 heterocycles. The summed E-state index contributed by atoms with van der Waals surface area (Å²) in [6.07, 6.45) is 1.06. The fourth-order valence-corrected chi connectivity index (χ4v) is 5.41. The van der Waals surface area contributed by atoms with Crippen molar-refractivity contribution < 1.29 is 19.0 Å². The molecule has 2 aliphatic rings. The number of hydrogen-bond acceptors (Lipinski definition) is 5. The number of hydrogen-bond donors (Lipinski definition) is 3. The number of halogens is 1. The lowest BCUT2D eigenvalue weighted by Gasteiger charge is -2.30. The lowest BCUT2D eigenvalue weighted by Crippen LogP contribution is -2.42. The second-order valence-electron chi connectivity index (χ2n) is 10.0. The number of rotatable bonds is 8. The number of anilines is 1. The van der Waals surface area contributed by atoms with Crippen LogP contribution in [0.4, 0.5) is 15.0 Å². The van der Waals surface area contributed by atoms with E-state index in [1.807, 2.05) is 37.3 Å². The van der Waals surface area contributed by atoms with Gasteiger partial charge in [0.2, 0.25) is 0 Å². The Hall–Kier alpha value is -3.27. The van der Waals surface area contributed by atoms with Crippen molar-refractivity contribution in [2.45, 2.75) is 43.7 Å². The first-order valence-corrected chi connectivity index (χ1v) is 12.8. The number of para-hydroxylation sites is 1. The molecule has 5 rings (SSSR count). The summed E-state index contributed by atoms with van der Waals surface area (Å²) in [4.78, 5) is 15.6. The summed E-state index contributed by atoms with van der Waals surface area (Å²) in [6.45, 7) is 4.73. The van der Waals surface area contributed by atoms with Gasteiger partial charge in [-0.05, 0) is 49.6 Å². The molecule has 2 aromatic carbocycles. The van der Waals surface area contributed by atoms with Crippen molar-refractivity contribution in [3.63, 3.8) is 0 Å². The molecular weight excluding hydrogens is 473 g/mol. The maximum absolute atomic E-state index is 13.6. The highest BCUT2D eigenvalue weighted by Crippen LogP contribution is 2.40. The Morgan fingerprint density at radius 3 is 2.54 bits per heavy atom. The van der Waals surface area contributed by atoms with E-state index in [0.29, 0.717) is 31.8 Å². The number of aliphatic hydroxyl groups excluding tert-OH is 1. The summed E-state index contributed by atoms with van der Waals surface area (Å²) in [5.41, 5.74) is 3.64. The van der Waals surface area contributed by atoms with Gasteiger partial charge in [0.25, 0.3) is 0 Å². The number of aliphatic hydroxyl groups is 1. The van der Waals surface area contributed by atoms with Crippen LogP contribution in [0, 0.1) is 12.7 Å². The number of methoxy groups -OCH3 is 1. The number of nitrogens with zero attached hydrogens (tertiary/aromatic N) is 3. The van der Waals surface area contributed by atoms with E-state index in [4.69, 9.17) is 9.84 Å². The van der Waals surface area contributed by atoms with E-state index < -0.39 is 0 Å². The van der Waals surface area contributed by atoms with Gasteiger partial charge in [-0.2, -0.15) is 5.10 Å². The standard InChI is InChI=1S/C28H34FN5O3/c1-18-26(20-14-23(35)15-20)32-34(22-6-4-3-5-7-22)27(18)31-28(36)30-25-17-33(12-13-37-2)16-24(25)19-8-10-21(29)11-9-19/h3-11,20,23-25,35H,12-17H2,1-2H3,(H2,30,31,36). The minimum absolute atomic E-state index is 0.0235. The summed E-state index contributed by atoms with van der Waals surface area (Å²) < 4.78 is 20.6. The molecular formula is C28H34FN5O3. The molecule has 2 atom stereocenters. The van der Waals surface area contributed by atoms with Crippen LogP contribution in [0.15, 0.2) is 54.6 Å². The highest BCUT2D eigenvalue weighted by Gasteiger charge is 2.36. The Kier molecular flexibility index (Phi) is 7.55. The average molecular weight is 508 g/mol. The largest absolute Gasteiger partial charge is 0.393 e. The quantitative estimate of drug-likeness (QED) is 0.432. The third kappa shape index (κ3) is 5.53. The highest BCUT2D eigenvalue weighted by atomic mass is 19.1. The molecule has 0 radical (unpaired) electrons. The molecule has 2 unspecified atom stereocenters. The second-order valence-corrected chi connectivity index (χ2v) is 10.0. The van der Waals surface area contributed by atoms with Crippen LogP contribution in [-0.4, -0.2) is 71.3 Å². The fourth-order valence-electron chi connectivity index (χ4n) is 5.41. The van der Waals surface area contributed by atoms with Gasteiger partial charge in [0.1, 0.15) is 11.6 Å². The van der Waals surface area contributed by atoms with Crippen LogP contribution in [-0.2, 0) is 4.74 Å². The van der Waals surface area contributed by atoms with Gasteiger partial charge in [0, 0.05) is 44.1 Å². The maximum atomic E-state index is 13.6. The van der Waals surface area contributed by atoms with Crippen molar-refractivity contribution in [1.29, 1.82) is 0 Å². The van der Waals surface area contributed by atoms with E-state index in [2.05, 4.69) is 15.5 Å². The number of carbonyl (C=O) groups is 1. The Balaban J connectivity index is 1.37. The SMILES string of the molecule is COCCN1CC(NC(=O)Nc2c(C)c(C3CC(O)C3)nn2-c2ccccc2)C(c2ccc(F)cc2)C1. The normalized spacial score (nSPS) is 23.6. The minimum atomic E-state index is -0.314. The van der Waals surface area contributed by atoms with Gasteiger partial charge < -0.3 is 15.2 Å². The van der Waals surface area contributed by atoms with Crippen LogP contribution >= 0.6 is 0 Å². The Bertz CT molecular complexity index is 1210. The number of aromatic nitrogens is 2. The van der Waals surface area contributed by atoms with Crippen LogP contribution in [0.2, 0.25) is 0 Å². The van der Waals surface area contributed by atoms with Crippen LogP contribution in [0.25, 0.3) is 5.69 Å². The highest BCUT2D eigenvalue weighted by molar-refractivity contribution is 5.90. The molecule has 2 amide bonds. The Morgan fingerprint density at radius 2 is 1.86 bits per heavy atom. The van der Waals surface area contributed by atoms with E-state index in [0.717, 1.165) is 35.6 Å². The summed E-state index contributed by atoms with van der Waals surface area (Å²) in [5, 5.41) is 20.9. The molecule has 1 aliphatic carbocycles. The number of ether oxygens (including phenoxy) is 1. The van der Waals surface area contributed by atoms with Crippen molar-refractivity contribution in [2.24, 2.45) is 0 Å². The molecule has 3 aromatic rings. The van der Waals surface area contributed by atoms with Gasteiger partial charge in [-0.25, -0.2) is 13.9 Å². The van der Waals surface area contributed by atoms with E-state index in [-0.39, 0.29) is 35.8 Å². The van der Waals surface area contributed by atoms with E-state index in [9.17, 15) is 14.3 Å². The molecule has 1 aliphatic heterocycles. The number of likely N-dealkylation sites (tertiary alicyclic amines) is 1. The van der Waals surface area contributed by atoms with E-state index in [1.165, 1.54) is 12.1 Å². The summed E-state index contributed by atoms with van der Waals surface area (Å²) in [6, 6.07) is 15.7. The van der Waals surface area contributed by atoms with Gasteiger partial charge in [0.15, 0.2) is 0 Å². The summed E-state index contributed by atoms with van der Waals surface area (Å²) in [5.74, 6) is 0.540. The second kappa shape index (κ2) is 11.0. The number of amides is 2. The first kappa shape index (κ1) is 25.4. The zero-order valence-corrected chi connectivity index (χ0v) is 21.2. The molecule has 1 saturated carbocycles. The van der Waals surface area contributed by atoms with Gasteiger partial charge in [-0.3, -0.25) is 10.2 Å². The molecule has 1 aromatic heterocycles. The molecule has 0 bridgehead atoms. The van der Waals surface area contributed by atoms with Crippen molar-refractivity contribution in [2.75, 3.05) is 38.7 Å². The topological polar surface area (TPSA) is 91.7 Å². The molecule has 1 saturated heterocycles.